The number of hydrogen-bond acceptors (Lipinski definition) is 4. The van der Waals surface area contributed by atoms with Gasteiger partial charge in [0.25, 0.3) is 0 Å². The van der Waals surface area contributed by atoms with Crippen LogP contribution in [0.15, 0.2) is 36.7 Å². The lowest BCUT2D eigenvalue weighted by atomic mass is 10.2. The molecule has 0 radical (unpaired) electrons. The first-order valence-electron chi connectivity index (χ1n) is 6.10. The molecule has 1 aromatic carbocycles. The molecule has 0 saturated heterocycles. The fourth-order valence-electron chi connectivity index (χ4n) is 1.88. The lowest BCUT2D eigenvalue weighted by molar-refractivity contribution is 0.921. The maximum Gasteiger partial charge on any atom is 0.229 e. The van der Waals surface area contributed by atoms with Gasteiger partial charge in [-0.1, -0.05) is 18.2 Å². The molecule has 0 unspecified atom stereocenters. The van der Waals surface area contributed by atoms with Gasteiger partial charge in [-0.3, -0.25) is 0 Å². The van der Waals surface area contributed by atoms with Crippen LogP contribution >= 0.6 is 0 Å². The summed E-state index contributed by atoms with van der Waals surface area (Å²) >= 11 is 0. The average Bonchev–Trinajstić information content (AvgIpc) is 2.42. The molecule has 0 aliphatic heterocycles. The lowest BCUT2D eigenvalue weighted by Gasteiger charge is -2.22. The Balaban J connectivity index is 2.36. The largest absolute Gasteiger partial charge is 0.326 e. The minimum absolute atomic E-state index is 0.469. The molecule has 0 aliphatic carbocycles. The lowest BCUT2D eigenvalue weighted by Crippen LogP contribution is -2.19. The van der Waals surface area contributed by atoms with E-state index in [9.17, 15) is 0 Å². The molecule has 1 aromatic heterocycles. The highest BCUT2D eigenvalue weighted by atomic mass is 15.2. The Morgan fingerprint density at radius 2 is 1.83 bits per heavy atom. The Bertz CT molecular complexity index is 507. The van der Waals surface area contributed by atoms with Crippen molar-refractivity contribution in [1.82, 2.24) is 9.97 Å². The van der Waals surface area contributed by atoms with Crippen molar-refractivity contribution in [2.45, 2.75) is 20.4 Å². The summed E-state index contributed by atoms with van der Waals surface area (Å²) in [7, 11) is 0. The third-order valence-electron chi connectivity index (χ3n) is 2.89. The van der Waals surface area contributed by atoms with E-state index in [0.717, 1.165) is 17.8 Å². The number of nitrogens with zero attached hydrogens (tertiary/aromatic N) is 3. The monoisotopic (exact) mass is 242 g/mol. The summed E-state index contributed by atoms with van der Waals surface area (Å²) < 4.78 is 0. The number of para-hydroxylation sites is 1. The van der Waals surface area contributed by atoms with E-state index >= 15 is 0 Å². The van der Waals surface area contributed by atoms with Crippen molar-refractivity contribution in [3.05, 3.63) is 47.8 Å². The average molecular weight is 242 g/mol. The van der Waals surface area contributed by atoms with Crippen LogP contribution in [0.5, 0.6) is 0 Å². The molecule has 2 aromatic rings. The van der Waals surface area contributed by atoms with Gasteiger partial charge in [0.15, 0.2) is 0 Å². The topological polar surface area (TPSA) is 55.0 Å². The third-order valence-corrected chi connectivity index (χ3v) is 2.89. The van der Waals surface area contributed by atoms with E-state index in [0.29, 0.717) is 12.5 Å². The van der Waals surface area contributed by atoms with Crippen LogP contribution in [0.4, 0.5) is 11.6 Å². The van der Waals surface area contributed by atoms with Crippen molar-refractivity contribution >= 4 is 11.6 Å². The highest BCUT2D eigenvalue weighted by molar-refractivity contribution is 5.61. The van der Waals surface area contributed by atoms with Crippen LogP contribution in [0.2, 0.25) is 0 Å². The summed E-state index contributed by atoms with van der Waals surface area (Å²) in [5.74, 6) is 0.712. The highest BCUT2D eigenvalue weighted by Gasteiger charge is 2.11. The first-order chi connectivity index (χ1) is 8.76. The van der Waals surface area contributed by atoms with Crippen molar-refractivity contribution in [2.24, 2.45) is 5.73 Å². The first-order valence-corrected chi connectivity index (χ1v) is 6.10. The number of aryl methyl sites for hydroxylation is 1. The molecule has 4 nitrogen and oxygen atoms in total. The molecule has 2 rings (SSSR count). The second kappa shape index (κ2) is 5.60. The zero-order valence-electron chi connectivity index (χ0n) is 10.8. The molecule has 4 heteroatoms. The van der Waals surface area contributed by atoms with Gasteiger partial charge < -0.3 is 10.6 Å². The van der Waals surface area contributed by atoms with E-state index in [1.807, 2.05) is 12.1 Å². The van der Waals surface area contributed by atoms with E-state index in [2.05, 4.69) is 40.8 Å². The van der Waals surface area contributed by atoms with Gasteiger partial charge >= 0.3 is 0 Å². The highest BCUT2D eigenvalue weighted by Crippen LogP contribution is 2.24. The molecular weight excluding hydrogens is 224 g/mol. The Morgan fingerprint density at radius 3 is 2.39 bits per heavy atom. The number of anilines is 2. The fourth-order valence-corrected chi connectivity index (χ4v) is 1.88. The minimum atomic E-state index is 0.469. The summed E-state index contributed by atoms with van der Waals surface area (Å²) in [6.45, 7) is 5.47. The third kappa shape index (κ3) is 2.49. The van der Waals surface area contributed by atoms with E-state index in [1.165, 1.54) is 5.56 Å². The summed E-state index contributed by atoms with van der Waals surface area (Å²) in [5.41, 5.74) is 8.85. The number of hydrogen-bond donors (Lipinski definition) is 1. The summed E-state index contributed by atoms with van der Waals surface area (Å²) in [6, 6.07) is 8.23. The minimum Gasteiger partial charge on any atom is -0.326 e. The van der Waals surface area contributed by atoms with E-state index in [4.69, 9.17) is 5.73 Å². The van der Waals surface area contributed by atoms with Gasteiger partial charge in [-0.15, -0.1) is 0 Å². The predicted molar refractivity (Wildman–Crippen MR) is 73.8 cm³/mol. The van der Waals surface area contributed by atoms with Gasteiger partial charge in [0, 0.05) is 36.7 Å². The summed E-state index contributed by atoms with van der Waals surface area (Å²) in [5, 5.41) is 0. The quantitative estimate of drug-likeness (QED) is 0.894. The first kappa shape index (κ1) is 12.5. The van der Waals surface area contributed by atoms with Crippen LogP contribution in [0, 0.1) is 6.92 Å². The number of nitrogens with two attached hydrogens (primary N) is 1. The Labute approximate surface area is 107 Å². The SMILES string of the molecule is CCN(c1ncc(CN)cn1)c1ccccc1C. The molecule has 2 N–H and O–H groups in total. The Morgan fingerprint density at radius 1 is 1.17 bits per heavy atom. The van der Waals surface area contributed by atoms with Gasteiger partial charge in [0.2, 0.25) is 5.95 Å². The molecule has 0 bridgehead atoms. The van der Waals surface area contributed by atoms with Crippen LogP contribution in [0.3, 0.4) is 0 Å². The number of benzene rings is 1. The van der Waals surface area contributed by atoms with Gasteiger partial charge in [0.1, 0.15) is 0 Å². The van der Waals surface area contributed by atoms with E-state index in [-0.39, 0.29) is 0 Å². The molecule has 0 atom stereocenters. The maximum atomic E-state index is 5.55. The second-order valence-corrected chi connectivity index (χ2v) is 4.13. The van der Waals surface area contributed by atoms with Crippen molar-refractivity contribution in [3.63, 3.8) is 0 Å². The van der Waals surface area contributed by atoms with Gasteiger partial charge in [0.05, 0.1) is 0 Å². The summed E-state index contributed by atoms with van der Waals surface area (Å²) in [4.78, 5) is 10.8. The zero-order valence-corrected chi connectivity index (χ0v) is 10.8. The molecule has 18 heavy (non-hydrogen) atoms. The van der Waals surface area contributed by atoms with Crippen molar-refractivity contribution < 1.29 is 0 Å². The molecule has 0 aliphatic rings. The molecule has 1 heterocycles. The van der Waals surface area contributed by atoms with Crippen LogP contribution < -0.4 is 10.6 Å². The number of rotatable bonds is 4. The predicted octanol–water partition coefficient (Wildman–Crippen LogP) is 2.40. The molecular formula is C14H18N4. The number of aromatic nitrogens is 2. The molecule has 0 saturated carbocycles. The maximum absolute atomic E-state index is 5.55. The molecule has 0 spiro atoms. The van der Waals surface area contributed by atoms with Crippen LogP contribution in [0.1, 0.15) is 18.1 Å². The van der Waals surface area contributed by atoms with Gasteiger partial charge in [-0.05, 0) is 25.5 Å². The summed E-state index contributed by atoms with van der Waals surface area (Å²) in [6.07, 6.45) is 3.56. The molecule has 94 valence electrons. The van der Waals surface area contributed by atoms with Crippen molar-refractivity contribution in [3.8, 4) is 0 Å². The van der Waals surface area contributed by atoms with Crippen LogP contribution in [0.25, 0.3) is 0 Å². The van der Waals surface area contributed by atoms with E-state index in [1.54, 1.807) is 12.4 Å². The van der Waals surface area contributed by atoms with Gasteiger partial charge in [-0.25, -0.2) is 9.97 Å². The molecule has 0 fully saturated rings. The van der Waals surface area contributed by atoms with E-state index < -0.39 is 0 Å². The fraction of sp³-hybridized carbons (Fsp3) is 0.286. The van der Waals surface area contributed by atoms with Crippen molar-refractivity contribution in [1.29, 1.82) is 0 Å². The standard InChI is InChI=1S/C14H18N4/c1-3-18(13-7-5-4-6-11(13)2)14-16-9-12(8-15)10-17-14/h4-7,9-10H,3,8,15H2,1-2H3. The smallest absolute Gasteiger partial charge is 0.229 e. The molecule has 0 amide bonds. The van der Waals surface area contributed by atoms with Crippen LogP contribution in [-0.4, -0.2) is 16.5 Å². The normalized spacial score (nSPS) is 10.4. The Kier molecular flexibility index (Phi) is 3.89. The Hall–Kier alpha value is -1.94. The van der Waals surface area contributed by atoms with Crippen LogP contribution in [-0.2, 0) is 6.54 Å². The van der Waals surface area contributed by atoms with Crippen molar-refractivity contribution in [2.75, 3.05) is 11.4 Å². The zero-order chi connectivity index (χ0) is 13.0. The van der Waals surface area contributed by atoms with Gasteiger partial charge in [-0.2, -0.15) is 0 Å². The second-order valence-electron chi connectivity index (χ2n) is 4.13.